The highest BCUT2D eigenvalue weighted by atomic mass is 79.9. The Hall–Kier alpha value is -0.910. The van der Waals surface area contributed by atoms with Crippen LogP contribution in [0.5, 0.6) is 11.5 Å². The highest BCUT2D eigenvalue weighted by molar-refractivity contribution is 9.10. The van der Waals surface area contributed by atoms with E-state index >= 15 is 0 Å². The Bertz CT molecular complexity index is 619. The number of hydrogen-bond donors (Lipinski definition) is 1. The number of hydrogen-bond acceptors (Lipinski definition) is 2. The van der Waals surface area contributed by atoms with Crippen molar-refractivity contribution < 1.29 is 9.13 Å². The van der Waals surface area contributed by atoms with Crippen molar-refractivity contribution in [1.29, 1.82) is 0 Å². The highest BCUT2D eigenvalue weighted by Gasteiger charge is 2.10. The molecule has 1 unspecified atom stereocenters. The SMILES string of the molecule is CNC(C)c1ccc(Oc2cc(Br)ccc2F)cc1Br. The summed E-state index contributed by atoms with van der Waals surface area (Å²) in [4.78, 5) is 0. The summed E-state index contributed by atoms with van der Waals surface area (Å²) >= 11 is 6.81. The van der Waals surface area contributed by atoms with Crippen LogP contribution >= 0.6 is 31.9 Å². The van der Waals surface area contributed by atoms with Gasteiger partial charge in [-0.3, -0.25) is 0 Å². The third kappa shape index (κ3) is 3.59. The van der Waals surface area contributed by atoms with Crippen molar-refractivity contribution in [1.82, 2.24) is 5.32 Å². The highest BCUT2D eigenvalue weighted by Crippen LogP contribution is 2.32. The van der Waals surface area contributed by atoms with Gasteiger partial charge in [-0.15, -0.1) is 0 Å². The van der Waals surface area contributed by atoms with E-state index in [0.717, 1.165) is 14.5 Å². The molecule has 1 N–H and O–H groups in total. The molecule has 0 saturated heterocycles. The van der Waals surface area contributed by atoms with Crippen molar-refractivity contribution in [2.75, 3.05) is 7.05 Å². The zero-order valence-electron chi connectivity index (χ0n) is 11.1. The van der Waals surface area contributed by atoms with E-state index in [9.17, 15) is 4.39 Å². The van der Waals surface area contributed by atoms with Crippen molar-refractivity contribution in [3.05, 3.63) is 56.7 Å². The fraction of sp³-hybridized carbons (Fsp3) is 0.200. The zero-order valence-corrected chi connectivity index (χ0v) is 14.3. The molecule has 0 aliphatic heterocycles. The summed E-state index contributed by atoms with van der Waals surface area (Å²) in [6.45, 7) is 2.06. The summed E-state index contributed by atoms with van der Waals surface area (Å²) in [6, 6.07) is 10.4. The molecule has 0 aliphatic carbocycles. The molecule has 0 aliphatic rings. The van der Waals surface area contributed by atoms with Crippen LogP contribution in [0.2, 0.25) is 0 Å². The Balaban J connectivity index is 2.26. The van der Waals surface area contributed by atoms with Crippen LogP contribution in [0.3, 0.4) is 0 Å². The lowest BCUT2D eigenvalue weighted by Gasteiger charge is -2.14. The van der Waals surface area contributed by atoms with Crippen molar-refractivity contribution >= 4 is 31.9 Å². The number of benzene rings is 2. The summed E-state index contributed by atoms with van der Waals surface area (Å²) < 4.78 is 20.9. The maximum absolute atomic E-state index is 13.7. The summed E-state index contributed by atoms with van der Waals surface area (Å²) in [7, 11) is 1.90. The number of halogens is 3. The number of ether oxygens (including phenoxy) is 1. The Labute approximate surface area is 134 Å². The molecule has 1 atom stereocenters. The van der Waals surface area contributed by atoms with Crippen molar-refractivity contribution in [2.24, 2.45) is 0 Å². The van der Waals surface area contributed by atoms with Gasteiger partial charge in [0, 0.05) is 15.0 Å². The standard InChI is InChI=1S/C15H14Br2FNO/c1-9(19-2)12-5-4-11(8-13(12)17)20-15-7-10(16)3-6-14(15)18/h3-9,19H,1-2H3. The lowest BCUT2D eigenvalue weighted by Crippen LogP contribution is -2.12. The molecule has 106 valence electrons. The Kier molecular flexibility index (Phi) is 5.18. The van der Waals surface area contributed by atoms with Gasteiger partial charge in [0.1, 0.15) is 5.75 Å². The minimum atomic E-state index is -0.392. The van der Waals surface area contributed by atoms with Crippen LogP contribution in [0.15, 0.2) is 45.3 Å². The van der Waals surface area contributed by atoms with Gasteiger partial charge in [0.05, 0.1) is 0 Å². The first-order valence-electron chi connectivity index (χ1n) is 6.11. The van der Waals surface area contributed by atoms with Crippen molar-refractivity contribution in [3.8, 4) is 11.5 Å². The maximum Gasteiger partial charge on any atom is 0.165 e. The third-order valence-electron chi connectivity index (χ3n) is 2.99. The van der Waals surface area contributed by atoms with Gasteiger partial charge >= 0.3 is 0 Å². The summed E-state index contributed by atoms with van der Waals surface area (Å²) in [5, 5.41) is 3.17. The second-order valence-electron chi connectivity index (χ2n) is 4.37. The molecule has 2 nitrogen and oxygen atoms in total. The van der Waals surface area contributed by atoms with Crippen molar-refractivity contribution in [3.63, 3.8) is 0 Å². The summed E-state index contributed by atoms with van der Waals surface area (Å²) in [5.74, 6) is 0.388. The first kappa shape index (κ1) is 15.5. The van der Waals surface area contributed by atoms with Gasteiger partial charge in [0.2, 0.25) is 0 Å². The minimum absolute atomic E-state index is 0.195. The smallest absolute Gasteiger partial charge is 0.165 e. The van der Waals surface area contributed by atoms with Crippen LogP contribution in [0.4, 0.5) is 4.39 Å². The molecule has 0 heterocycles. The molecule has 2 rings (SSSR count). The summed E-state index contributed by atoms with van der Waals surface area (Å²) in [6.07, 6.45) is 0. The van der Waals surface area contributed by atoms with Gasteiger partial charge in [0.25, 0.3) is 0 Å². The quantitative estimate of drug-likeness (QED) is 0.736. The Morgan fingerprint density at radius 1 is 1.15 bits per heavy atom. The molecule has 0 bridgehead atoms. The molecular formula is C15H14Br2FNO. The van der Waals surface area contributed by atoms with E-state index in [0.29, 0.717) is 5.75 Å². The normalized spacial score (nSPS) is 12.2. The van der Waals surface area contributed by atoms with E-state index in [1.807, 2.05) is 25.2 Å². The monoisotopic (exact) mass is 401 g/mol. The maximum atomic E-state index is 13.7. The van der Waals surface area contributed by atoms with E-state index in [4.69, 9.17) is 4.74 Å². The lowest BCUT2D eigenvalue weighted by molar-refractivity contribution is 0.441. The number of rotatable bonds is 4. The molecule has 0 aromatic heterocycles. The van der Waals surface area contributed by atoms with E-state index in [2.05, 4.69) is 44.1 Å². The topological polar surface area (TPSA) is 21.3 Å². The van der Waals surface area contributed by atoms with E-state index in [1.165, 1.54) is 6.07 Å². The zero-order chi connectivity index (χ0) is 14.7. The van der Waals surface area contributed by atoms with E-state index in [-0.39, 0.29) is 11.8 Å². The molecule has 0 saturated carbocycles. The molecule has 0 radical (unpaired) electrons. The molecule has 0 amide bonds. The Morgan fingerprint density at radius 3 is 2.55 bits per heavy atom. The van der Waals surface area contributed by atoms with Crippen LogP contribution in [-0.4, -0.2) is 7.05 Å². The number of nitrogens with one attached hydrogen (secondary N) is 1. The summed E-state index contributed by atoms with van der Waals surface area (Å²) in [5.41, 5.74) is 1.12. The third-order valence-corrected chi connectivity index (χ3v) is 4.17. The molecule has 2 aromatic carbocycles. The van der Waals surface area contributed by atoms with E-state index in [1.54, 1.807) is 12.1 Å². The minimum Gasteiger partial charge on any atom is -0.454 e. The van der Waals surface area contributed by atoms with Gasteiger partial charge in [-0.05, 0) is 49.9 Å². The van der Waals surface area contributed by atoms with Gasteiger partial charge in [0.15, 0.2) is 11.6 Å². The van der Waals surface area contributed by atoms with Crippen LogP contribution < -0.4 is 10.1 Å². The van der Waals surface area contributed by atoms with Crippen LogP contribution in [-0.2, 0) is 0 Å². The fourth-order valence-electron chi connectivity index (χ4n) is 1.76. The van der Waals surface area contributed by atoms with Crippen LogP contribution in [0, 0.1) is 5.82 Å². The second-order valence-corrected chi connectivity index (χ2v) is 6.14. The fourth-order valence-corrected chi connectivity index (χ4v) is 2.80. The van der Waals surface area contributed by atoms with Gasteiger partial charge in [-0.25, -0.2) is 4.39 Å². The average molecular weight is 403 g/mol. The second kappa shape index (κ2) is 6.70. The van der Waals surface area contributed by atoms with Gasteiger partial charge in [-0.1, -0.05) is 37.9 Å². The lowest BCUT2D eigenvalue weighted by atomic mass is 10.1. The Morgan fingerprint density at radius 2 is 1.90 bits per heavy atom. The molecule has 0 fully saturated rings. The first-order chi connectivity index (χ1) is 9.51. The average Bonchev–Trinajstić information content (AvgIpc) is 2.42. The van der Waals surface area contributed by atoms with Crippen LogP contribution in [0.25, 0.3) is 0 Å². The predicted octanol–water partition coefficient (Wildman–Crippen LogP) is 5.42. The predicted molar refractivity (Wildman–Crippen MR) is 85.8 cm³/mol. The molecular weight excluding hydrogens is 389 g/mol. The van der Waals surface area contributed by atoms with Gasteiger partial charge in [-0.2, -0.15) is 0 Å². The van der Waals surface area contributed by atoms with Crippen molar-refractivity contribution in [2.45, 2.75) is 13.0 Å². The van der Waals surface area contributed by atoms with Gasteiger partial charge < -0.3 is 10.1 Å². The van der Waals surface area contributed by atoms with Crippen LogP contribution in [0.1, 0.15) is 18.5 Å². The largest absolute Gasteiger partial charge is 0.454 e. The first-order valence-corrected chi connectivity index (χ1v) is 7.69. The molecule has 5 heteroatoms. The van der Waals surface area contributed by atoms with E-state index < -0.39 is 5.82 Å². The molecule has 0 spiro atoms. The molecule has 2 aromatic rings. The molecule has 20 heavy (non-hydrogen) atoms.